The van der Waals surface area contributed by atoms with Crippen LogP contribution in [0.25, 0.3) is 0 Å². The number of pyridine rings is 1. The van der Waals surface area contributed by atoms with Crippen molar-refractivity contribution in [3.8, 4) is 0 Å². The monoisotopic (exact) mass is 309 g/mol. The summed E-state index contributed by atoms with van der Waals surface area (Å²) < 4.78 is 0.818. The van der Waals surface area contributed by atoms with E-state index in [0.29, 0.717) is 12.6 Å². The topological polar surface area (TPSA) is 45.2 Å². The van der Waals surface area contributed by atoms with Crippen molar-refractivity contribution in [2.24, 2.45) is 0 Å². The Labute approximate surface area is 115 Å². The highest BCUT2D eigenvalue weighted by atomic mass is 79.9. The summed E-state index contributed by atoms with van der Waals surface area (Å²) >= 11 is 3.41. The van der Waals surface area contributed by atoms with Crippen LogP contribution in [-0.4, -0.2) is 23.5 Å². The number of nitrogens with one attached hydrogen (secondary N) is 1. The standard InChI is InChI=1S/C13H16BrN3O/c14-11-7-6-10-13(16-11)17(8-12(18)15-10)9-4-2-1-3-5-9/h6-7,9H,1-5,8H2,(H,15,18). The molecule has 18 heavy (non-hydrogen) atoms. The third-order valence-corrected chi connectivity index (χ3v) is 4.16. The van der Waals surface area contributed by atoms with E-state index in [1.54, 1.807) is 0 Å². The van der Waals surface area contributed by atoms with E-state index >= 15 is 0 Å². The first-order valence-electron chi connectivity index (χ1n) is 6.47. The van der Waals surface area contributed by atoms with Crippen molar-refractivity contribution in [1.82, 2.24) is 4.98 Å². The van der Waals surface area contributed by atoms with Crippen molar-refractivity contribution in [3.63, 3.8) is 0 Å². The molecule has 0 unspecified atom stereocenters. The second-order valence-electron chi connectivity index (χ2n) is 4.97. The van der Waals surface area contributed by atoms with Crippen LogP contribution in [0.4, 0.5) is 11.5 Å². The van der Waals surface area contributed by atoms with Crippen LogP contribution < -0.4 is 10.2 Å². The average molecular weight is 310 g/mol. The molecule has 0 saturated heterocycles. The van der Waals surface area contributed by atoms with Crippen molar-refractivity contribution >= 4 is 33.3 Å². The van der Waals surface area contributed by atoms with Crippen LogP contribution in [0, 0.1) is 0 Å². The molecule has 5 heteroatoms. The van der Waals surface area contributed by atoms with Gasteiger partial charge in [0.2, 0.25) is 5.91 Å². The molecule has 1 aliphatic carbocycles. The van der Waals surface area contributed by atoms with Crippen LogP contribution in [0.2, 0.25) is 0 Å². The summed E-state index contributed by atoms with van der Waals surface area (Å²) in [5.74, 6) is 0.980. The van der Waals surface area contributed by atoms with Gasteiger partial charge in [-0.1, -0.05) is 19.3 Å². The maximum atomic E-state index is 11.8. The average Bonchev–Trinajstić information content (AvgIpc) is 2.39. The Morgan fingerprint density at radius 1 is 1.28 bits per heavy atom. The molecule has 1 aromatic heterocycles. The molecule has 1 amide bonds. The van der Waals surface area contributed by atoms with Gasteiger partial charge in [0.15, 0.2) is 5.82 Å². The Balaban J connectivity index is 1.94. The van der Waals surface area contributed by atoms with Crippen LogP contribution in [0.1, 0.15) is 32.1 Å². The van der Waals surface area contributed by atoms with Gasteiger partial charge in [-0.25, -0.2) is 4.98 Å². The molecule has 2 heterocycles. The fourth-order valence-corrected chi connectivity index (χ4v) is 3.16. The Kier molecular flexibility index (Phi) is 3.24. The van der Waals surface area contributed by atoms with Crippen molar-refractivity contribution in [2.75, 3.05) is 16.8 Å². The molecule has 1 fully saturated rings. The predicted octanol–water partition coefficient (Wildman–Crippen LogP) is 2.94. The third-order valence-electron chi connectivity index (χ3n) is 3.72. The van der Waals surface area contributed by atoms with Gasteiger partial charge in [0.1, 0.15) is 4.60 Å². The second-order valence-corrected chi connectivity index (χ2v) is 5.79. The van der Waals surface area contributed by atoms with E-state index in [-0.39, 0.29) is 5.91 Å². The molecule has 3 rings (SSSR count). The molecule has 4 nitrogen and oxygen atoms in total. The second kappa shape index (κ2) is 4.88. The molecular formula is C13H16BrN3O. The zero-order valence-electron chi connectivity index (χ0n) is 10.2. The highest BCUT2D eigenvalue weighted by Gasteiger charge is 2.30. The summed E-state index contributed by atoms with van der Waals surface area (Å²) in [6.45, 7) is 0.432. The lowest BCUT2D eigenvalue weighted by Crippen LogP contribution is -2.46. The lowest BCUT2D eigenvalue weighted by molar-refractivity contribution is -0.115. The molecule has 96 valence electrons. The number of hydrogen-bond donors (Lipinski definition) is 1. The molecule has 1 N–H and O–H groups in total. The maximum Gasteiger partial charge on any atom is 0.244 e. The van der Waals surface area contributed by atoms with Gasteiger partial charge in [0.25, 0.3) is 0 Å². The molecule has 1 aliphatic heterocycles. The van der Waals surface area contributed by atoms with Crippen molar-refractivity contribution in [1.29, 1.82) is 0 Å². The summed E-state index contributed by atoms with van der Waals surface area (Å²) in [7, 11) is 0. The van der Waals surface area contributed by atoms with Crippen LogP contribution in [0.3, 0.4) is 0 Å². The van der Waals surface area contributed by atoms with E-state index in [0.717, 1.165) is 16.1 Å². The fourth-order valence-electron chi connectivity index (χ4n) is 2.86. The fraction of sp³-hybridized carbons (Fsp3) is 0.538. The van der Waals surface area contributed by atoms with Gasteiger partial charge in [-0.3, -0.25) is 4.79 Å². The molecule has 2 aliphatic rings. The zero-order valence-corrected chi connectivity index (χ0v) is 11.7. The first kappa shape index (κ1) is 12.0. The van der Waals surface area contributed by atoms with Crippen molar-refractivity contribution in [3.05, 3.63) is 16.7 Å². The first-order chi connectivity index (χ1) is 8.74. The van der Waals surface area contributed by atoms with E-state index in [2.05, 4.69) is 31.1 Å². The number of anilines is 2. The summed E-state index contributed by atoms with van der Waals surface area (Å²) in [5, 5.41) is 2.89. The predicted molar refractivity (Wildman–Crippen MR) is 74.8 cm³/mol. The summed E-state index contributed by atoms with van der Waals surface area (Å²) in [6, 6.07) is 4.24. The van der Waals surface area contributed by atoms with E-state index in [4.69, 9.17) is 0 Å². The third kappa shape index (κ3) is 2.23. The Bertz CT molecular complexity index is 471. The number of aromatic nitrogens is 1. The highest BCUT2D eigenvalue weighted by molar-refractivity contribution is 9.10. The minimum atomic E-state index is 0.0668. The van der Waals surface area contributed by atoms with E-state index in [9.17, 15) is 4.79 Å². The molecule has 0 aromatic carbocycles. The maximum absolute atomic E-state index is 11.8. The number of fused-ring (bicyclic) bond motifs is 1. The molecule has 1 aromatic rings. The first-order valence-corrected chi connectivity index (χ1v) is 7.26. The minimum absolute atomic E-state index is 0.0668. The number of rotatable bonds is 1. The normalized spacial score (nSPS) is 20.5. The van der Waals surface area contributed by atoms with Crippen LogP contribution in [0.15, 0.2) is 16.7 Å². The van der Waals surface area contributed by atoms with Gasteiger partial charge < -0.3 is 10.2 Å². The van der Waals surface area contributed by atoms with Gasteiger partial charge in [-0.15, -0.1) is 0 Å². The summed E-state index contributed by atoms with van der Waals surface area (Å²) in [5.41, 5.74) is 0.833. The minimum Gasteiger partial charge on any atom is -0.343 e. The largest absolute Gasteiger partial charge is 0.343 e. The van der Waals surface area contributed by atoms with Gasteiger partial charge in [0.05, 0.1) is 12.2 Å². The summed E-state index contributed by atoms with van der Waals surface area (Å²) in [6.07, 6.45) is 6.16. The smallest absolute Gasteiger partial charge is 0.244 e. The quantitative estimate of drug-likeness (QED) is 0.811. The number of amides is 1. The Morgan fingerprint density at radius 2 is 2.06 bits per heavy atom. The number of carbonyl (C=O) groups is 1. The van der Waals surface area contributed by atoms with Crippen LogP contribution in [-0.2, 0) is 4.79 Å². The van der Waals surface area contributed by atoms with E-state index < -0.39 is 0 Å². The van der Waals surface area contributed by atoms with Gasteiger partial charge >= 0.3 is 0 Å². The van der Waals surface area contributed by atoms with Crippen LogP contribution >= 0.6 is 15.9 Å². The highest BCUT2D eigenvalue weighted by Crippen LogP contribution is 2.34. The molecule has 0 bridgehead atoms. The molecule has 0 spiro atoms. The van der Waals surface area contributed by atoms with Crippen molar-refractivity contribution < 1.29 is 4.79 Å². The number of carbonyl (C=O) groups excluding carboxylic acids is 1. The van der Waals surface area contributed by atoms with E-state index in [1.165, 1.54) is 32.1 Å². The Hall–Kier alpha value is -1.10. The molecule has 0 radical (unpaired) electrons. The van der Waals surface area contributed by atoms with E-state index in [1.807, 2.05) is 12.1 Å². The Morgan fingerprint density at radius 3 is 2.83 bits per heavy atom. The molecule has 1 saturated carbocycles. The number of nitrogens with zero attached hydrogens (tertiary/aromatic N) is 2. The van der Waals surface area contributed by atoms with Crippen LogP contribution in [0.5, 0.6) is 0 Å². The van der Waals surface area contributed by atoms with Gasteiger partial charge in [-0.05, 0) is 40.9 Å². The lowest BCUT2D eigenvalue weighted by Gasteiger charge is -2.38. The molecular weight excluding hydrogens is 294 g/mol. The SMILES string of the molecule is O=C1CN(C2CCCCC2)c2nc(Br)ccc2N1. The van der Waals surface area contributed by atoms with Crippen molar-refractivity contribution in [2.45, 2.75) is 38.1 Å². The molecule has 0 atom stereocenters. The van der Waals surface area contributed by atoms with Gasteiger partial charge in [0, 0.05) is 6.04 Å². The number of hydrogen-bond acceptors (Lipinski definition) is 3. The summed E-state index contributed by atoms with van der Waals surface area (Å²) in [4.78, 5) is 18.5. The zero-order chi connectivity index (χ0) is 12.5. The lowest BCUT2D eigenvalue weighted by atomic mass is 9.93. The number of halogens is 1. The van der Waals surface area contributed by atoms with Gasteiger partial charge in [-0.2, -0.15) is 0 Å².